The number of rotatable bonds is 5. The number of aryl methyl sites for hydroxylation is 1. The van der Waals surface area contributed by atoms with Crippen molar-refractivity contribution >= 4 is 11.6 Å². The minimum absolute atomic E-state index is 0.264. The number of amides is 1. The van der Waals surface area contributed by atoms with E-state index in [4.69, 9.17) is 4.74 Å². The molecule has 1 fully saturated rings. The Bertz CT molecular complexity index is 874. The van der Waals surface area contributed by atoms with Gasteiger partial charge in [0.1, 0.15) is 38.5 Å². The van der Waals surface area contributed by atoms with Crippen LogP contribution in [-0.2, 0) is 17.8 Å². The number of nitrogens with zero attached hydrogens (tertiary/aromatic N) is 1. The van der Waals surface area contributed by atoms with Crippen molar-refractivity contribution in [3.8, 4) is 5.75 Å². The highest BCUT2D eigenvalue weighted by Gasteiger charge is 2.34. The van der Waals surface area contributed by atoms with E-state index in [-0.39, 0.29) is 11.9 Å². The van der Waals surface area contributed by atoms with E-state index in [0.717, 1.165) is 50.6 Å². The second kappa shape index (κ2) is 8.56. The van der Waals surface area contributed by atoms with Crippen LogP contribution in [0.3, 0.4) is 0 Å². The van der Waals surface area contributed by atoms with Gasteiger partial charge >= 0.3 is 0 Å². The maximum Gasteiger partial charge on any atom is 0.282 e. The molecule has 1 atom stereocenters. The molecule has 4 rings (SSSR count). The summed E-state index contributed by atoms with van der Waals surface area (Å²) in [6, 6.07) is 15.0. The van der Waals surface area contributed by atoms with E-state index in [0.29, 0.717) is 6.54 Å². The van der Waals surface area contributed by atoms with Gasteiger partial charge in [0.25, 0.3) is 5.91 Å². The largest absolute Gasteiger partial charge is 0.496 e. The molecule has 5 heteroatoms. The van der Waals surface area contributed by atoms with Gasteiger partial charge < -0.3 is 19.4 Å². The summed E-state index contributed by atoms with van der Waals surface area (Å²) in [4.78, 5) is 18.1. The highest BCUT2D eigenvalue weighted by atomic mass is 16.5. The molecule has 2 N–H and O–H groups in total. The standard InChI is InChI=1S/C24H31N3O2/c1-18-8-9-23(29-3)21(14-18)16-25-10-12-26(13-11-25)17-24(28)27-19(2)15-20-6-4-5-7-22(20)27/h4-9,14,19H,10-13,15-17H2,1-3H3/p+2/t19-/m0/s1. The van der Waals surface area contributed by atoms with Crippen molar-refractivity contribution in [2.45, 2.75) is 32.9 Å². The number of benzene rings is 2. The monoisotopic (exact) mass is 395 g/mol. The lowest BCUT2D eigenvalue weighted by atomic mass is 10.1. The van der Waals surface area contributed by atoms with Crippen LogP contribution in [0.4, 0.5) is 5.69 Å². The minimum atomic E-state index is 0.264. The van der Waals surface area contributed by atoms with Crippen LogP contribution < -0.4 is 19.4 Å². The van der Waals surface area contributed by atoms with E-state index in [1.54, 1.807) is 12.0 Å². The first-order chi connectivity index (χ1) is 14.0. The molecular formula is C24H33N3O2+2. The molecule has 154 valence electrons. The summed E-state index contributed by atoms with van der Waals surface area (Å²) in [6.45, 7) is 10.1. The van der Waals surface area contributed by atoms with Crippen molar-refractivity contribution in [2.75, 3.05) is 44.7 Å². The molecule has 0 aromatic heterocycles. The number of hydrogen-bond acceptors (Lipinski definition) is 2. The van der Waals surface area contributed by atoms with E-state index < -0.39 is 0 Å². The first-order valence-electron chi connectivity index (χ1n) is 10.8. The average Bonchev–Trinajstić information content (AvgIpc) is 3.05. The van der Waals surface area contributed by atoms with E-state index in [9.17, 15) is 4.79 Å². The number of carbonyl (C=O) groups excluding carboxylic acids is 1. The summed E-state index contributed by atoms with van der Waals surface area (Å²) in [7, 11) is 1.74. The Morgan fingerprint density at radius 3 is 2.59 bits per heavy atom. The molecule has 2 aliphatic rings. The summed E-state index contributed by atoms with van der Waals surface area (Å²) in [5.74, 6) is 1.25. The number of carbonyl (C=O) groups is 1. The Balaban J connectivity index is 1.33. The molecular weight excluding hydrogens is 362 g/mol. The molecule has 2 heterocycles. The zero-order valence-electron chi connectivity index (χ0n) is 17.8. The number of piperazine rings is 1. The molecule has 0 saturated carbocycles. The molecule has 0 spiro atoms. The van der Waals surface area contributed by atoms with Crippen LogP contribution in [0.1, 0.15) is 23.6 Å². The normalized spacial score (nSPS) is 23.7. The minimum Gasteiger partial charge on any atom is -0.496 e. The number of ether oxygens (including phenoxy) is 1. The van der Waals surface area contributed by atoms with Gasteiger partial charge in [-0.15, -0.1) is 0 Å². The van der Waals surface area contributed by atoms with Gasteiger partial charge in [0, 0.05) is 17.3 Å². The van der Waals surface area contributed by atoms with Gasteiger partial charge in [-0.05, 0) is 44.0 Å². The van der Waals surface area contributed by atoms with Crippen molar-refractivity contribution in [3.05, 3.63) is 59.2 Å². The first-order valence-corrected chi connectivity index (χ1v) is 10.8. The third-order valence-electron chi connectivity index (χ3n) is 6.42. The van der Waals surface area contributed by atoms with E-state index in [1.807, 2.05) is 11.0 Å². The van der Waals surface area contributed by atoms with Gasteiger partial charge in [0.05, 0.1) is 7.11 Å². The molecule has 2 aromatic rings. The smallest absolute Gasteiger partial charge is 0.282 e. The summed E-state index contributed by atoms with van der Waals surface area (Å²) < 4.78 is 5.54. The van der Waals surface area contributed by atoms with Crippen LogP contribution in [0, 0.1) is 6.92 Å². The number of methoxy groups -OCH3 is 1. The zero-order chi connectivity index (χ0) is 20.4. The molecule has 2 aromatic carbocycles. The lowest BCUT2D eigenvalue weighted by Crippen LogP contribution is -3.28. The van der Waals surface area contributed by atoms with Crippen LogP contribution in [0.15, 0.2) is 42.5 Å². The summed E-state index contributed by atoms with van der Waals surface area (Å²) in [6.07, 6.45) is 0.966. The Morgan fingerprint density at radius 2 is 1.83 bits per heavy atom. The molecule has 5 nitrogen and oxygen atoms in total. The van der Waals surface area contributed by atoms with E-state index >= 15 is 0 Å². The third kappa shape index (κ3) is 4.31. The van der Waals surface area contributed by atoms with Crippen molar-refractivity contribution in [2.24, 2.45) is 0 Å². The van der Waals surface area contributed by atoms with Crippen molar-refractivity contribution in [1.29, 1.82) is 0 Å². The summed E-state index contributed by atoms with van der Waals surface area (Å²) in [5, 5.41) is 0. The van der Waals surface area contributed by atoms with Gasteiger partial charge in [0.2, 0.25) is 0 Å². The first kappa shape index (κ1) is 19.9. The number of quaternary nitrogens is 2. The van der Waals surface area contributed by atoms with Gasteiger partial charge in [-0.1, -0.05) is 29.8 Å². The molecule has 0 bridgehead atoms. The van der Waals surface area contributed by atoms with Crippen LogP contribution in [-0.4, -0.2) is 51.8 Å². The second-order valence-corrected chi connectivity index (χ2v) is 8.61. The van der Waals surface area contributed by atoms with Crippen LogP contribution in [0.5, 0.6) is 5.75 Å². The highest BCUT2D eigenvalue weighted by molar-refractivity contribution is 5.96. The average molecular weight is 396 g/mol. The Kier molecular flexibility index (Phi) is 5.88. The number of hydrogen-bond donors (Lipinski definition) is 2. The lowest BCUT2D eigenvalue weighted by molar-refractivity contribution is -1.02. The maximum absolute atomic E-state index is 13.1. The van der Waals surface area contributed by atoms with Gasteiger partial charge in [-0.25, -0.2) is 0 Å². The molecule has 0 aliphatic carbocycles. The van der Waals surface area contributed by atoms with E-state index in [1.165, 1.54) is 21.6 Å². The van der Waals surface area contributed by atoms with Crippen molar-refractivity contribution in [3.63, 3.8) is 0 Å². The molecule has 2 aliphatic heterocycles. The SMILES string of the molecule is COc1ccc(C)cc1C[NH+]1CC[NH+](CC(=O)N2c3ccccc3C[C@@H]2C)CC1. The van der Waals surface area contributed by atoms with Crippen LogP contribution in [0.25, 0.3) is 0 Å². The van der Waals surface area contributed by atoms with Gasteiger partial charge in [-0.2, -0.15) is 0 Å². The van der Waals surface area contributed by atoms with Gasteiger partial charge in [-0.3, -0.25) is 4.79 Å². The highest BCUT2D eigenvalue weighted by Crippen LogP contribution is 2.31. The Morgan fingerprint density at radius 1 is 1.10 bits per heavy atom. The number of fused-ring (bicyclic) bond motifs is 1. The molecule has 29 heavy (non-hydrogen) atoms. The van der Waals surface area contributed by atoms with E-state index in [2.05, 4.69) is 50.2 Å². The van der Waals surface area contributed by atoms with Gasteiger partial charge in [0.15, 0.2) is 6.54 Å². The maximum atomic E-state index is 13.1. The van der Waals surface area contributed by atoms with Crippen molar-refractivity contribution in [1.82, 2.24) is 0 Å². The van der Waals surface area contributed by atoms with Crippen LogP contribution in [0.2, 0.25) is 0 Å². The molecule has 1 saturated heterocycles. The molecule has 1 amide bonds. The Hall–Kier alpha value is -2.37. The topological polar surface area (TPSA) is 38.4 Å². The predicted octanol–water partition coefficient (Wildman–Crippen LogP) is 0.265. The number of para-hydroxylation sites is 1. The molecule has 0 unspecified atom stereocenters. The second-order valence-electron chi connectivity index (χ2n) is 8.61. The number of nitrogens with one attached hydrogen (secondary N) is 2. The van der Waals surface area contributed by atoms with Crippen LogP contribution >= 0.6 is 0 Å². The third-order valence-corrected chi connectivity index (χ3v) is 6.42. The molecule has 0 radical (unpaired) electrons. The number of anilines is 1. The fraction of sp³-hybridized carbons (Fsp3) is 0.458. The fourth-order valence-electron chi connectivity index (χ4n) is 4.87. The predicted molar refractivity (Wildman–Crippen MR) is 115 cm³/mol. The zero-order valence-corrected chi connectivity index (χ0v) is 17.8. The summed E-state index contributed by atoms with van der Waals surface area (Å²) >= 11 is 0. The fourth-order valence-corrected chi connectivity index (χ4v) is 4.87. The lowest BCUT2D eigenvalue weighted by Gasteiger charge is -2.31. The summed E-state index contributed by atoms with van der Waals surface area (Å²) in [5.41, 5.74) is 4.96. The Labute approximate surface area is 173 Å². The van der Waals surface area contributed by atoms with Crippen molar-refractivity contribution < 1.29 is 19.3 Å². The quantitative estimate of drug-likeness (QED) is 0.763.